The summed E-state index contributed by atoms with van der Waals surface area (Å²) in [6.07, 6.45) is 1.68. The number of anilines is 2. The van der Waals surface area contributed by atoms with E-state index in [9.17, 15) is 4.39 Å². The maximum absolute atomic E-state index is 13.3. The van der Waals surface area contributed by atoms with Crippen molar-refractivity contribution in [3.8, 4) is 0 Å². The minimum Gasteiger partial charge on any atom is -0.367 e. The number of nitrogens with one attached hydrogen (secondary N) is 1. The third-order valence-corrected chi connectivity index (χ3v) is 2.94. The van der Waals surface area contributed by atoms with Crippen molar-refractivity contribution in [3.63, 3.8) is 0 Å². The normalized spacial score (nSPS) is 10.3. The zero-order chi connectivity index (χ0) is 13.7. The number of aromatic nitrogens is 1. The minimum absolute atomic E-state index is 0.237. The minimum atomic E-state index is -0.237. The molecule has 0 aliphatic rings. The van der Waals surface area contributed by atoms with Crippen molar-refractivity contribution >= 4 is 11.5 Å². The first kappa shape index (κ1) is 13.3. The Morgan fingerprint density at radius 3 is 2.84 bits per heavy atom. The molecular weight excluding hydrogens is 243 g/mol. The van der Waals surface area contributed by atoms with Crippen LogP contribution in [-0.2, 0) is 6.54 Å². The first-order valence-electron chi connectivity index (χ1n) is 6.15. The second kappa shape index (κ2) is 6.15. The molecule has 1 aromatic carbocycles. The largest absolute Gasteiger partial charge is 0.367 e. The molecule has 0 unspecified atom stereocenters. The van der Waals surface area contributed by atoms with E-state index in [1.807, 2.05) is 25.1 Å². The van der Waals surface area contributed by atoms with Crippen LogP contribution in [0.4, 0.5) is 15.9 Å². The van der Waals surface area contributed by atoms with Crippen molar-refractivity contribution in [2.45, 2.75) is 13.5 Å². The van der Waals surface area contributed by atoms with Crippen LogP contribution in [0.15, 0.2) is 42.6 Å². The third-order valence-electron chi connectivity index (χ3n) is 2.94. The van der Waals surface area contributed by atoms with Gasteiger partial charge >= 0.3 is 0 Å². The van der Waals surface area contributed by atoms with Gasteiger partial charge in [-0.1, -0.05) is 12.1 Å². The highest BCUT2D eigenvalue weighted by atomic mass is 19.1. The molecule has 0 atom stereocenters. The van der Waals surface area contributed by atoms with Gasteiger partial charge in [-0.05, 0) is 31.2 Å². The lowest BCUT2D eigenvalue weighted by Crippen LogP contribution is -2.23. The van der Waals surface area contributed by atoms with Crippen LogP contribution in [0.1, 0.15) is 12.5 Å². The van der Waals surface area contributed by atoms with Gasteiger partial charge in [-0.3, -0.25) is 0 Å². The Hall–Kier alpha value is -2.14. The second-order valence-electron chi connectivity index (χ2n) is 4.15. The van der Waals surface area contributed by atoms with Gasteiger partial charge in [0.05, 0.1) is 0 Å². The summed E-state index contributed by atoms with van der Waals surface area (Å²) in [6.45, 7) is 3.41. The van der Waals surface area contributed by atoms with Gasteiger partial charge in [-0.25, -0.2) is 15.2 Å². The molecule has 4 nitrogen and oxygen atoms in total. The maximum Gasteiger partial charge on any atom is 0.144 e. The van der Waals surface area contributed by atoms with Crippen LogP contribution in [0.2, 0.25) is 0 Å². The highest BCUT2D eigenvalue weighted by molar-refractivity contribution is 5.50. The summed E-state index contributed by atoms with van der Waals surface area (Å²) in [7, 11) is 0. The molecule has 0 aliphatic heterocycles. The van der Waals surface area contributed by atoms with Crippen LogP contribution in [-0.4, -0.2) is 11.5 Å². The average Bonchev–Trinajstić information content (AvgIpc) is 2.45. The molecule has 5 heteroatoms. The lowest BCUT2D eigenvalue weighted by molar-refractivity contribution is 0.626. The Morgan fingerprint density at radius 1 is 1.32 bits per heavy atom. The fourth-order valence-corrected chi connectivity index (χ4v) is 1.96. The number of nitrogens with two attached hydrogens (primary N) is 1. The highest BCUT2D eigenvalue weighted by Gasteiger charge is 2.09. The van der Waals surface area contributed by atoms with Gasteiger partial charge in [0.1, 0.15) is 11.6 Å². The second-order valence-corrected chi connectivity index (χ2v) is 4.15. The first-order chi connectivity index (χ1) is 9.24. The van der Waals surface area contributed by atoms with E-state index in [1.54, 1.807) is 12.3 Å². The van der Waals surface area contributed by atoms with Gasteiger partial charge in [-0.15, -0.1) is 0 Å². The summed E-state index contributed by atoms with van der Waals surface area (Å²) in [4.78, 5) is 6.22. The Balaban J connectivity index is 2.24. The highest BCUT2D eigenvalue weighted by Crippen LogP contribution is 2.20. The Morgan fingerprint density at radius 2 is 2.16 bits per heavy atom. The number of hydrogen-bond acceptors (Lipinski definition) is 4. The molecule has 100 valence electrons. The van der Waals surface area contributed by atoms with E-state index in [0.717, 1.165) is 17.8 Å². The number of nitrogen functional groups attached to an aromatic ring is 1. The third kappa shape index (κ3) is 3.20. The van der Waals surface area contributed by atoms with E-state index in [0.29, 0.717) is 12.4 Å². The van der Waals surface area contributed by atoms with Gasteiger partial charge in [0.15, 0.2) is 0 Å². The fraction of sp³-hybridized carbons (Fsp3) is 0.214. The fourth-order valence-electron chi connectivity index (χ4n) is 1.96. The van der Waals surface area contributed by atoms with Gasteiger partial charge < -0.3 is 10.3 Å². The molecule has 0 saturated carbocycles. The van der Waals surface area contributed by atoms with Gasteiger partial charge in [0.2, 0.25) is 0 Å². The van der Waals surface area contributed by atoms with E-state index in [-0.39, 0.29) is 5.82 Å². The number of pyridine rings is 1. The number of halogens is 1. The molecule has 1 aromatic heterocycles. The van der Waals surface area contributed by atoms with Crippen LogP contribution < -0.4 is 16.2 Å². The molecule has 1 heterocycles. The summed E-state index contributed by atoms with van der Waals surface area (Å²) in [5, 5.41) is 0. The SMILES string of the molecule is CCN(Cc1cccnc1NN)c1cccc(F)c1. The molecular formula is C14H17FN4. The molecule has 2 aromatic rings. The standard InChI is InChI=1S/C14H17FN4/c1-2-19(13-7-3-6-12(15)9-13)10-11-5-4-8-17-14(11)18-16/h3-9H,2,10,16H2,1H3,(H,17,18). The predicted molar refractivity (Wildman–Crippen MR) is 75.2 cm³/mol. The molecule has 0 saturated heterocycles. The number of benzene rings is 1. The molecule has 0 bridgehead atoms. The maximum atomic E-state index is 13.3. The van der Waals surface area contributed by atoms with Crippen LogP contribution in [0.3, 0.4) is 0 Å². The topological polar surface area (TPSA) is 54.2 Å². The molecule has 0 spiro atoms. The quantitative estimate of drug-likeness (QED) is 0.640. The van der Waals surface area contributed by atoms with E-state index < -0.39 is 0 Å². The molecule has 2 rings (SSSR count). The molecule has 19 heavy (non-hydrogen) atoms. The van der Waals surface area contributed by atoms with Crippen LogP contribution in [0.25, 0.3) is 0 Å². The zero-order valence-electron chi connectivity index (χ0n) is 10.8. The van der Waals surface area contributed by atoms with Gasteiger partial charge in [-0.2, -0.15) is 0 Å². The van der Waals surface area contributed by atoms with Crippen molar-refractivity contribution in [2.24, 2.45) is 5.84 Å². The summed E-state index contributed by atoms with van der Waals surface area (Å²) < 4.78 is 13.3. The number of hydrogen-bond donors (Lipinski definition) is 2. The summed E-state index contributed by atoms with van der Waals surface area (Å²) >= 11 is 0. The van der Waals surface area contributed by atoms with Crippen LogP contribution in [0, 0.1) is 5.82 Å². The van der Waals surface area contributed by atoms with Crippen LogP contribution >= 0.6 is 0 Å². The van der Waals surface area contributed by atoms with E-state index in [1.165, 1.54) is 12.1 Å². The van der Waals surface area contributed by atoms with Crippen molar-refractivity contribution in [3.05, 3.63) is 54.0 Å². The Kier molecular flexibility index (Phi) is 4.30. The van der Waals surface area contributed by atoms with E-state index >= 15 is 0 Å². The molecule has 0 fully saturated rings. The average molecular weight is 260 g/mol. The predicted octanol–water partition coefficient (Wildman–Crippen LogP) is 2.53. The van der Waals surface area contributed by atoms with E-state index in [2.05, 4.69) is 15.3 Å². The molecule has 0 aliphatic carbocycles. The lowest BCUT2D eigenvalue weighted by atomic mass is 10.2. The zero-order valence-corrected chi connectivity index (χ0v) is 10.8. The van der Waals surface area contributed by atoms with Crippen molar-refractivity contribution in [1.82, 2.24) is 4.98 Å². The Bertz CT molecular complexity index is 544. The molecule has 3 N–H and O–H groups in total. The van der Waals surface area contributed by atoms with Crippen LogP contribution in [0.5, 0.6) is 0 Å². The van der Waals surface area contributed by atoms with Gasteiger partial charge in [0.25, 0.3) is 0 Å². The number of hydrazine groups is 1. The van der Waals surface area contributed by atoms with Crippen molar-refractivity contribution in [1.29, 1.82) is 0 Å². The summed E-state index contributed by atoms with van der Waals surface area (Å²) in [5.74, 6) is 5.84. The number of nitrogens with zero attached hydrogens (tertiary/aromatic N) is 2. The number of rotatable bonds is 5. The summed E-state index contributed by atoms with van der Waals surface area (Å²) in [5.41, 5.74) is 4.39. The van der Waals surface area contributed by atoms with Crippen molar-refractivity contribution < 1.29 is 4.39 Å². The van der Waals surface area contributed by atoms with Gasteiger partial charge in [0, 0.05) is 30.5 Å². The lowest BCUT2D eigenvalue weighted by Gasteiger charge is -2.24. The molecule has 0 amide bonds. The Labute approximate surface area is 112 Å². The molecule has 0 radical (unpaired) electrons. The smallest absolute Gasteiger partial charge is 0.144 e. The van der Waals surface area contributed by atoms with Crippen molar-refractivity contribution in [2.75, 3.05) is 16.9 Å². The summed E-state index contributed by atoms with van der Waals surface area (Å²) in [6, 6.07) is 10.4. The first-order valence-corrected chi connectivity index (χ1v) is 6.15. The monoisotopic (exact) mass is 260 g/mol. The van der Waals surface area contributed by atoms with E-state index in [4.69, 9.17) is 5.84 Å².